The van der Waals surface area contributed by atoms with E-state index >= 15 is 0 Å². The Morgan fingerprint density at radius 2 is 2.00 bits per heavy atom. The monoisotopic (exact) mass is 345 g/mol. The van der Waals surface area contributed by atoms with Crippen molar-refractivity contribution in [1.82, 2.24) is 9.55 Å². The Kier molecular flexibility index (Phi) is 5.10. The summed E-state index contributed by atoms with van der Waals surface area (Å²) >= 11 is 7.38. The molecule has 118 valence electrons. The summed E-state index contributed by atoms with van der Waals surface area (Å²) in [4.78, 5) is 16.4. The van der Waals surface area contributed by atoms with Gasteiger partial charge in [0.2, 0.25) is 5.91 Å². The van der Waals surface area contributed by atoms with Crippen molar-refractivity contribution in [2.24, 2.45) is 0 Å². The van der Waals surface area contributed by atoms with Crippen LogP contribution in [0.25, 0.3) is 0 Å². The van der Waals surface area contributed by atoms with Gasteiger partial charge in [-0.25, -0.2) is 4.98 Å². The van der Waals surface area contributed by atoms with E-state index in [9.17, 15) is 4.79 Å². The average molecular weight is 346 g/mol. The lowest BCUT2D eigenvalue weighted by atomic mass is 9.95. The molecule has 2 heterocycles. The van der Waals surface area contributed by atoms with Gasteiger partial charge in [0.05, 0.1) is 0 Å². The number of amides is 1. The first-order valence-electron chi connectivity index (χ1n) is 7.26. The summed E-state index contributed by atoms with van der Waals surface area (Å²) < 4.78 is 2.08. The first kappa shape index (κ1) is 15.8. The highest BCUT2D eigenvalue weighted by atomic mass is 35.5. The van der Waals surface area contributed by atoms with Crippen LogP contribution in [0, 0.1) is 0 Å². The molecule has 1 atom stereocenters. The predicted octanol–water partition coefficient (Wildman–Crippen LogP) is 4.41. The number of thiazole rings is 1. The van der Waals surface area contributed by atoms with E-state index in [4.69, 9.17) is 11.6 Å². The number of nitrogens with one attached hydrogen (secondary N) is 1. The topological polar surface area (TPSA) is 46.9 Å². The molecule has 2 aromatic heterocycles. The molecule has 1 aromatic carbocycles. The number of halogens is 1. The van der Waals surface area contributed by atoms with Crippen LogP contribution in [-0.4, -0.2) is 15.5 Å². The molecule has 0 fully saturated rings. The number of hydrogen-bond acceptors (Lipinski definition) is 3. The maximum absolute atomic E-state index is 12.3. The highest BCUT2D eigenvalue weighted by Gasteiger charge is 2.17. The zero-order valence-corrected chi connectivity index (χ0v) is 13.9. The Morgan fingerprint density at radius 3 is 2.65 bits per heavy atom. The summed E-state index contributed by atoms with van der Waals surface area (Å²) in [6.45, 7) is 0.736. The lowest BCUT2D eigenvalue weighted by Gasteiger charge is -2.18. The van der Waals surface area contributed by atoms with Crippen molar-refractivity contribution in [3.8, 4) is 0 Å². The minimum Gasteiger partial charge on any atom is -0.354 e. The van der Waals surface area contributed by atoms with Crippen LogP contribution in [0.3, 0.4) is 0 Å². The van der Waals surface area contributed by atoms with Crippen LogP contribution in [-0.2, 0) is 11.3 Å². The highest BCUT2D eigenvalue weighted by Crippen LogP contribution is 2.24. The van der Waals surface area contributed by atoms with E-state index in [2.05, 4.69) is 14.9 Å². The van der Waals surface area contributed by atoms with Gasteiger partial charge in [0.1, 0.15) is 0 Å². The Morgan fingerprint density at radius 1 is 1.26 bits per heavy atom. The number of anilines is 1. The summed E-state index contributed by atoms with van der Waals surface area (Å²) in [6, 6.07) is 11.6. The minimum absolute atomic E-state index is 0.0351. The third-order valence-corrected chi connectivity index (χ3v) is 4.49. The average Bonchev–Trinajstić information content (AvgIpc) is 3.21. The normalized spacial score (nSPS) is 12.0. The molecule has 6 heteroatoms. The van der Waals surface area contributed by atoms with Crippen molar-refractivity contribution in [3.63, 3.8) is 0 Å². The Hall–Kier alpha value is -2.11. The molecule has 3 rings (SSSR count). The number of benzene rings is 1. The van der Waals surface area contributed by atoms with Gasteiger partial charge < -0.3 is 9.88 Å². The summed E-state index contributed by atoms with van der Waals surface area (Å²) in [5, 5.41) is 6.01. The van der Waals surface area contributed by atoms with Crippen molar-refractivity contribution in [1.29, 1.82) is 0 Å². The van der Waals surface area contributed by atoms with Crippen LogP contribution >= 0.6 is 22.9 Å². The molecule has 0 radical (unpaired) electrons. The van der Waals surface area contributed by atoms with Crippen LogP contribution in [0.5, 0.6) is 0 Å². The van der Waals surface area contributed by atoms with Gasteiger partial charge in [0.15, 0.2) is 5.13 Å². The number of carbonyl (C=O) groups excluding carboxylic acids is 1. The second kappa shape index (κ2) is 7.44. The van der Waals surface area contributed by atoms with E-state index in [1.54, 1.807) is 6.20 Å². The molecule has 0 aliphatic rings. The van der Waals surface area contributed by atoms with Gasteiger partial charge in [0, 0.05) is 47.9 Å². The fourth-order valence-electron chi connectivity index (χ4n) is 2.45. The quantitative estimate of drug-likeness (QED) is 0.719. The third-order valence-electron chi connectivity index (χ3n) is 3.55. The molecule has 1 unspecified atom stereocenters. The van der Waals surface area contributed by atoms with Crippen LogP contribution in [0.1, 0.15) is 17.9 Å². The Balaban J connectivity index is 1.74. The molecule has 0 saturated carbocycles. The zero-order chi connectivity index (χ0) is 16.1. The SMILES string of the molecule is O=C(CC(Cn1cccc1)c1ccc(Cl)cc1)Nc1nccs1. The number of carbonyl (C=O) groups is 1. The maximum Gasteiger partial charge on any atom is 0.226 e. The fourth-order valence-corrected chi connectivity index (χ4v) is 3.12. The number of nitrogens with zero attached hydrogens (tertiary/aromatic N) is 2. The van der Waals surface area contributed by atoms with Crippen LogP contribution in [0.2, 0.25) is 5.02 Å². The molecule has 0 saturated heterocycles. The first-order valence-corrected chi connectivity index (χ1v) is 8.52. The van der Waals surface area contributed by atoms with E-state index < -0.39 is 0 Å². The van der Waals surface area contributed by atoms with Gasteiger partial charge in [-0.3, -0.25) is 4.79 Å². The molecule has 4 nitrogen and oxygen atoms in total. The molecule has 0 bridgehead atoms. The second-order valence-corrected chi connectivity index (χ2v) is 6.55. The standard InChI is InChI=1S/C17H16ClN3OS/c18-15-5-3-13(4-6-15)14(12-21-8-1-2-9-21)11-16(22)20-17-19-7-10-23-17/h1-10,14H,11-12H2,(H,19,20,22). The van der Waals surface area contributed by atoms with Crippen molar-refractivity contribution in [3.05, 3.63) is 71.0 Å². The third kappa shape index (κ3) is 4.43. The first-order chi connectivity index (χ1) is 11.2. The van der Waals surface area contributed by atoms with E-state index in [0.29, 0.717) is 16.6 Å². The van der Waals surface area contributed by atoms with E-state index in [1.807, 2.05) is 54.2 Å². The lowest BCUT2D eigenvalue weighted by Crippen LogP contribution is -2.18. The highest BCUT2D eigenvalue weighted by molar-refractivity contribution is 7.13. The molecule has 1 amide bonds. The molecule has 0 aliphatic carbocycles. The second-order valence-electron chi connectivity index (χ2n) is 5.22. The Bertz CT molecular complexity index is 739. The largest absolute Gasteiger partial charge is 0.354 e. The number of aromatic nitrogens is 2. The summed E-state index contributed by atoms with van der Waals surface area (Å²) in [7, 11) is 0. The fraction of sp³-hybridized carbons (Fsp3) is 0.176. The molecule has 3 aromatic rings. The van der Waals surface area contributed by atoms with Crippen molar-refractivity contribution < 1.29 is 4.79 Å². The van der Waals surface area contributed by atoms with Gasteiger partial charge in [-0.2, -0.15) is 0 Å². The van der Waals surface area contributed by atoms with Gasteiger partial charge >= 0.3 is 0 Å². The zero-order valence-electron chi connectivity index (χ0n) is 12.4. The van der Waals surface area contributed by atoms with Crippen molar-refractivity contribution in [2.45, 2.75) is 18.9 Å². The van der Waals surface area contributed by atoms with Gasteiger partial charge in [-0.1, -0.05) is 23.7 Å². The summed E-state index contributed by atoms with van der Waals surface area (Å²) in [6.07, 6.45) is 6.07. The molecular formula is C17H16ClN3OS. The maximum atomic E-state index is 12.3. The van der Waals surface area contributed by atoms with Crippen LogP contribution in [0.4, 0.5) is 5.13 Å². The van der Waals surface area contributed by atoms with Crippen molar-refractivity contribution in [2.75, 3.05) is 5.32 Å². The van der Waals surface area contributed by atoms with Crippen molar-refractivity contribution >= 4 is 34.0 Å². The molecule has 1 N–H and O–H groups in total. The number of rotatable bonds is 6. The Labute approximate surface area is 143 Å². The van der Waals surface area contributed by atoms with E-state index in [1.165, 1.54) is 11.3 Å². The summed E-state index contributed by atoms with van der Waals surface area (Å²) in [5.41, 5.74) is 1.09. The van der Waals surface area contributed by atoms with Crippen LogP contribution in [0.15, 0.2) is 60.4 Å². The summed E-state index contributed by atoms with van der Waals surface area (Å²) in [5.74, 6) is 0.0340. The minimum atomic E-state index is -0.0351. The lowest BCUT2D eigenvalue weighted by molar-refractivity contribution is -0.116. The van der Waals surface area contributed by atoms with E-state index in [-0.39, 0.29) is 11.8 Å². The molecular weight excluding hydrogens is 330 g/mol. The molecule has 23 heavy (non-hydrogen) atoms. The van der Waals surface area contributed by atoms with Gasteiger partial charge in [0.25, 0.3) is 0 Å². The molecule has 0 aliphatic heterocycles. The van der Waals surface area contributed by atoms with Gasteiger partial charge in [-0.15, -0.1) is 11.3 Å². The van der Waals surface area contributed by atoms with E-state index in [0.717, 1.165) is 12.1 Å². The van der Waals surface area contributed by atoms with Gasteiger partial charge in [-0.05, 0) is 29.8 Å². The predicted molar refractivity (Wildman–Crippen MR) is 94.0 cm³/mol. The molecule has 0 spiro atoms. The smallest absolute Gasteiger partial charge is 0.226 e. The number of hydrogen-bond donors (Lipinski definition) is 1. The van der Waals surface area contributed by atoms with Crippen LogP contribution < -0.4 is 5.32 Å².